The van der Waals surface area contributed by atoms with Crippen molar-refractivity contribution < 1.29 is 18.8 Å². The third kappa shape index (κ3) is 4.93. The second-order valence-electron chi connectivity index (χ2n) is 9.32. The molecule has 28 heavy (non-hydrogen) atoms. The molecule has 0 amide bonds. The zero-order valence-electron chi connectivity index (χ0n) is 18.9. The zero-order valence-corrected chi connectivity index (χ0v) is 19.9. The van der Waals surface area contributed by atoms with Gasteiger partial charge in [-0.15, -0.1) is 0 Å². The Morgan fingerprint density at radius 1 is 1.00 bits per heavy atom. The summed E-state index contributed by atoms with van der Waals surface area (Å²) in [5.74, 6) is 0.159. The van der Waals surface area contributed by atoms with Gasteiger partial charge in [-0.1, -0.05) is 41.5 Å². The molecule has 0 fully saturated rings. The maximum absolute atomic E-state index is 12.6. The quantitative estimate of drug-likeness (QED) is 0.386. The summed E-state index contributed by atoms with van der Waals surface area (Å²) in [7, 11) is 4.76. The number of carbonyl (C=O) groups excluding carboxylic acids is 2. The number of methoxy groups -OCH3 is 1. The molecular weight excluding hydrogens is 368 g/mol. The van der Waals surface area contributed by atoms with Gasteiger partial charge in [0.05, 0.1) is 13.0 Å². The molecule has 1 unspecified atom stereocenters. The highest BCUT2D eigenvalue weighted by molar-refractivity contribution is 6.10. The predicted octanol–water partition coefficient (Wildman–Crippen LogP) is 4.91. The van der Waals surface area contributed by atoms with Crippen LogP contribution in [-0.4, -0.2) is 29.2 Å². The van der Waals surface area contributed by atoms with Crippen molar-refractivity contribution in [2.24, 2.45) is 11.3 Å². The predicted molar refractivity (Wildman–Crippen MR) is 115 cm³/mol. The Bertz CT molecular complexity index is 793. The summed E-state index contributed by atoms with van der Waals surface area (Å²) in [4.78, 5) is 25.0. The Labute approximate surface area is 173 Å². The molecule has 1 rings (SSSR count). The first-order valence-corrected chi connectivity index (χ1v) is 9.90. The van der Waals surface area contributed by atoms with Crippen LogP contribution in [-0.2, 0) is 15.0 Å². The molecule has 1 atom stereocenters. The fraction of sp³-hybridized carbons (Fsp3) is 0.565. The highest BCUT2D eigenvalue weighted by Crippen LogP contribution is 2.45. The van der Waals surface area contributed by atoms with E-state index in [9.17, 15) is 9.59 Å². The lowest BCUT2D eigenvalue weighted by atomic mass is 9.80. The molecule has 153 valence electrons. The van der Waals surface area contributed by atoms with Gasteiger partial charge in [-0.2, -0.15) is 0 Å². The third-order valence-corrected chi connectivity index (χ3v) is 5.25. The third-order valence-electron chi connectivity index (χ3n) is 5.05. The van der Waals surface area contributed by atoms with E-state index in [2.05, 4.69) is 31.3 Å². The van der Waals surface area contributed by atoms with Crippen LogP contribution >= 0.6 is 0 Å². The summed E-state index contributed by atoms with van der Waals surface area (Å²) in [5.41, 5.74) is 3.18. The van der Waals surface area contributed by atoms with Crippen LogP contribution in [0.5, 0.6) is 11.5 Å². The van der Waals surface area contributed by atoms with Crippen molar-refractivity contribution in [1.29, 1.82) is 0 Å². The molecule has 0 aromatic heterocycles. The van der Waals surface area contributed by atoms with Crippen molar-refractivity contribution in [3.63, 3.8) is 0 Å². The van der Waals surface area contributed by atoms with Crippen molar-refractivity contribution >= 4 is 28.1 Å². The minimum Gasteiger partial charge on any atom is -0.538 e. The molecule has 0 aliphatic rings. The highest BCUT2D eigenvalue weighted by atomic mass is 28.2. The van der Waals surface area contributed by atoms with Crippen LogP contribution in [0.2, 0.25) is 0 Å². The minimum absolute atomic E-state index is 0.0766. The zero-order chi connectivity index (χ0) is 22.0. The van der Waals surface area contributed by atoms with Crippen molar-refractivity contribution in [3.05, 3.63) is 28.3 Å². The first-order valence-electron chi connectivity index (χ1n) is 9.49. The topological polar surface area (TPSA) is 52.6 Å². The van der Waals surface area contributed by atoms with Crippen LogP contribution in [0, 0.1) is 25.2 Å². The Morgan fingerprint density at radius 2 is 1.54 bits per heavy atom. The van der Waals surface area contributed by atoms with Gasteiger partial charge in [0.25, 0.3) is 0 Å². The summed E-state index contributed by atoms with van der Waals surface area (Å²) in [5, 5.41) is 0. The number of rotatable bonds is 6. The number of hydrogen-bond acceptors (Lipinski definition) is 4. The fourth-order valence-electron chi connectivity index (χ4n) is 3.45. The van der Waals surface area contributed by atoms with E-state index in [1.54, 1.807) is 20.1 Å². The number of ether oxygens (including phenoxy) is 1. The summed E-state index contributed by atoms with van der Waals surface area (Å²) in [6, 6.07) is 0. The second-order valence-corrected chi connectivity index (χ2v) is 9.53. The van der Waals surface area contributed by atoms with E-state index in [1.807, 2.05) is 34.6 Å². The normalized spacial score (nSPS) is 13.5. The van der Waals surface area contributed by atoms with Gasteiger partial charge in [-0.05, 0) is 49.5 Å². The molecule has 0 aliphatic heterocycles. The van der Waals surface area contributed by atoms with Crippen LogP contribution in [0.1, 0.15) is 70.7 Å². The monoisotopic (exact) mass is 401 g/mol. The van der Waals surface area contributed by atoms with Crippen molar-refractivity contribution in [2.75, 3.05) is 7.11 Å². The number of hydrogen-bond donors (Lipinski definition) is 0. The molecule has 5 heteroatoms. The van der Waals surface area contributed by atoms with Gasteiger partial charge in [0.1, 0.15) is 5.78 Å². The molecule has 0 aliphatic carbocycles. The summed E-state index contributed by atoms with van der Waals surface area (Å²) >= 11 is 0. The number of benzene rings is 1. The SMILES string of the molecule is COc1c(O[Si])c(C=CC(=O)C(C)C(=O)C(C)(C)C)c(C)c(C)c1C(C)(C)C. The molecule has 1 aromatic carbocycles. The van der Waals surface area contributed by atoms with E-state index in [0.717, 1.165) is 22.3 Å². The maximum Gasteiger partial charge on any atom is 0.341 e. The fourth-order valence-corrected chi connectivity index (χ4v) is 3.66. The lowest BCUT2D eigenvalue weighted by Gasteiger charge is -2.28. The molecule has 0 spiro atoms. The van der Waals surface area contributed by atoms with E-state index in [4.69, 9.17) is 9.16 Å². The molecule has 0 saturated carbocycles. The Kier molecular flexibility index (Phi) is 7.45. The Morgan fingerprint density at radius 3 is 1.93 bits per heavy atom. The number of allylic oxidation sites excluding steroid dienone is 1. The van der Waals surface area contributed by atoms with E-state index >= 15 is 0 Å². The van der Waals surface area contributed by atoms with Gasteiger partial charge < -0.3 is 9.16 Å². The number of carbonyl (C=O) groups is 2. The van der Waals surface area contributed by atoms with Crippen LogP contribution < -0.4 is 9.16 Å². The van der Waals surface area contributed by atoms with Crippen molar-refractivity contribution in [1.82, 2.24) is 0 Å². The Hall–Kier alpha value is -1.88. The van der Waals surface area contributed by atoms with E-state index in [-0.39, 0.29) is 17.0 Å². The molecule has 0 bridgehead atoms. The van der Waals surface area contributed by atoms with Crippen LogP contribution in [0.4, 0.5) is 0 Å². The summed E-state index contributed by atoms with van der Waals surface area (Å²) in [6.45, 7) is 17.5. The molecule has 4 nitrogen and oxygen atoms in total. The molecular formula is C23H33O4Si. The van der Waals surface area contributed by atoms with Gasteiger partial charge in [0.2, 0.25) is 0 Å². The van der Waals surface area contributed by atoms with Crippen LogP contribution in [0.3, 0.4) is 0 Å². The van der Waals surface area contributed by atoms with Crippen LogP contribution in [0.25, 0.3) is 6.08 Å². The van der Waals surface area contributed by atoms with E-state index in [1.165, 1.54) is 6.08 Å². The Balaban J connectivity index is 3.51. The second kappa shape index (κ2) is 8.64. The van der Waals surface area contributed by atoms with Gasteiger partial charge in [0.15, 0.2) is 17.3 Å². The largest absolute Gasteiger partial charge is 0.538 e. The maximum atomic E-state index is 12.6. The molecule has 3 radical (unpaired) electrons. The highest BCUT2D eigenvalue weighted by Gasteiger charge is 2.31. The standard InChI is InChI=1S/C23H33O4Si/c1-13-14(2)18(22(4,5)6)20(26-10)19(27-28)16(13)11-12-17(24)15(3)21(25)23(7,8)9/h11-12,15H,1-10H3. The lowest BCUT2D eigenvalue weighted by molar-refractivity contribution is -0.135. The van der Waals surface area contributed by atoms with Crippen molar-refractivity contribution in [2.45, 2.75) is 67.7 Å². The molecule has 0 N–H and O–H groups in total. The van der Waals surface area contributed by atoms with E-state index in [0.29, 0.717) is 11.5 Å². The average Bonchev–Trinajstić information content (AvgIpc) is 2.58. The average molecular weight is 402 g/mol. The first kappa shape index (κ1) is 24.2. The lowest BCUT2D eigenvalue weighted by Crippen LogP contribution is -2.30. The van der Waals surface area contributed by atoms with Crippen molar-refractivity contribution in [3.8, 4) is 11.5 Å². The van der Waals surface area contributed by atoms with Gasteiger partial charge in [-0.3, -0.25) is 9.59 Å². The van der Waals surface area contributed by atoms with Gasteiger partial charge in [-0.25, -0.2) is 0 Å². The minimum atomic E-state index is -0.693. The first-order chi connectivity index (χ1) is 12.7. The molecule has 0 saturated heterocycles. The van der Waals surface area contributed by atoms with E-state index < -0.39 is 11.3 Å². The van der Waals surface area contributed by atoms with Crippen LogP contribution in [0.15, 0.2) is 6.08 Å². The number of ketones is 2. The summed E-state index contributed by atoms with van der Waals surface area (Å²) < 4.78 is 11.2. The molecule has 1 aromatic rings. The number of Topliss-reactive ketones (excluding diaryl/α,β-unsaturated/α-hetero) is 1. The molecule has 0 heterocycles. The summed E-state index contributed by atoms with van der Waals surface area (Å²) in [6.07, 6.45) is 3.17. The van der Waals surface area contributed by atoms with Gasteiger partial charge >= 0.3 is 10.5 Å². The van der Waals surface area contributed by atoms with Gasteiger partial charge in [0, 0.05) is 16.5 Å². The smallest absolute Gasteiger partial charge is 0.341 e.